The first-order chi connectivity index (χ1) is 8.09. The fourth-order valence-electron chi connectivity index (χ4n) is 2.58. The van der Waals surface area contributed by atoms with Gasteiger partial charge in [0.15, 0.2) is 0 Å². The van der Waals surface area contributed by atoms with Gasteiger partial charge in [-0.1, -0.05) is 20.8 Å². The van der Waals surface area contributed by atoms with Crippen LogP contribution >= 0.6 is 0 Å². The van der Waals surface area contributed by atoms with Crippen molar-refractivity contribution in [2.45, 2.75) is 65.8 Å². The van der Waals surface area contributed by atoms with Gasteiger partial charge >= 0.3 is 0 Å². The molecule has 0 aliphatic carbocycles. The number of hydrogen-bond acceptors (Lipinski definition) is 2. The van der Waals surface area contributed by atoms with Gasteiger partial charge in [0.05, 0.1) is 0 Å². The third kappa shape index (κ3) is 4.97. The molecule has 1 amide bonds. The highest BCUT2D eigenvalue weighted by Crippen LogP contribution is 2.34. The molecule has 1 fully saturated rings. The molecule has 2 N–H and O–H groups in total. The summed E-state index contributed by atoms with van der Waals surface area (Å²) in [4.78, 5) is 14.1. The maximum absolute atomic E-state index is 12.1. The minimum Gasteiger partial charge on any atom is -0.343 e. The molecule has 0 radical (unpaired) electrons. The van der Waals surface area contributed by atoms with E-state index in [-0.39, 0.29) is 11.4 Å². The van der Waals surface area contributed by atoms with Gasteiger partial charge in [0.1, 0.15) is 0 Å². The summed E-state index contributed by atoms with van der Waals surface area (Å²) in [5.41, 5.74) is 6.05. The normalized spacial score (nSPS) is 19.1. The zero-order valence-corrected chi connectivity index (χ0v) is 12.8. The van der Waals surface area contributed by atoms with Crippen LogP contribution in [0, 0.1) is 11.3 Å². The van der Waals surface area contributed by atoms with E-state index in [4.69, 9.17) is 5.73 Å². The van der Waals surface area contributed by atoms with E-state index in [2.05, 4.69) is 20.8 Å². The molecule has 1 saturated heterocycles. The number of nitrogens with two attached hydrogens (primary N) is 1. The molecule has 1 aliphatic heterocycles. The van der Waals surface area contributed by atoms with Crippen LogP contribution in [0.25, 0.3) is 0 Å². The van der Waals surface area contributed by atoms with Crippen LogP contribution in [0.3, 0.4) is 0 Å². The number of likely N-dealkylation sites (tertiary alicyclic amines) is 1. The van der Waals surface area contributed by atoms with Crippen molar-refractivity contribution in [1.29, 1.82) is 0 Å². The lowest BCUT2D eigenvalue weighted by Crippen LogP contribution is -2.42. The van der Waals surface area contributed by atoms with Gasteiger partial charge in [0.25, 0.3) is 0 Å². The van der Waals surface area contributed by atoms with Crippen molar-refractivity contribution in [1.82, 2.24) is 4.90 Å². The standard InChI is InChI=1S/C15H30N2O/c1-14(2,3)12-7-10-17(11-8-12)13(18)6-9-15(4,5)16/h12H,6-11,16H2,1-5H3. The molecule has 0 aromatic rings. The summed E-state index contributed by atoms with van der Waals surface area (Å²) in [6.45, 7) is 12.7. The lowest BCUT2D eigenvalue weighted by atomic mass is 9.75. The van der Waals surface area contributed by atoms with Crippen LogP contribution in [0.15, 0.2) is 0 Å². The maximum atomic E-state index is 12.1. The van der Waals surface area contributed by atoms with E-state index in [0.717, 1.165) is 38.3 Å². The number of nitrogens with zero attached hydrogens (tertiary/aromatic N) is 1. The summed E-state index contributed by atoms with van der Waals surface area (Å²) in [5.74, 6) is 1.02. The van der Waals surface area contributed by atoms with Gasteiger partial charge in [-0.2, -0.15) is 0 Å². The minimum atomic E-state index is -0.237. The van der Waals surface area contributed by atoms with E-state index in [9.17, 15) is 4.79 Å². The van der Waals surface area contributed by atoms with E-state index < -0.39 is 0 Å². The molecule has 106 valence electrons. The second-order valence-corrected chi connectivity index (χ2v) is 7.51. The largest absolute Gasteiger partial charge is 0.343 e. The smallest absolute Gasteiger partial charge is 0.222 e. The molecule has 0 unspecified atom stereocenters. The van der Waals surface area contributed by atoms with E-state index in [1.54, 1.807) is 0 Å². The maximum Gasteiger partial charge on any atom is 0.222 e. The Hall–Kier alpha value is -0.570. The molecule has 1 rings (SSSR count). The van der Waals surface area contributed by atoms with E-state index >= 15 is 0 Å². The number of amides is 1. The zero-order chi connectivity index (χ0) is 14.0. The van der Waals surface area contributed by atoms with Crippen molar-refractivity contribution in [3.05, 3.63) is 0 Å². The van der Waals surface area contributed by atoms with Gasteiger partial charge < -0.3 is 10.6 Å². The minimum absolute atomic E-state index is 0.237. The lowest BCUT2D eigenvalue weighted by molar-refractivity contribution is -0.133. The predicted octanol–water partition coefficient (Wildman–Crippen LogP) is 2.79. The first kappa shape index (κ1) is 15.5. The topological polar surface area (TPSA) is 46.3 Å². The fourth-order valence-corrected chi connectivity index (χ4v) is 2.58. The highest BCUT2D eigenvalue weighted by molar-refractivity contribution is 5.76. The summed E-state index contributed by atoms with van der Waals surface area (Å²) in [5, 5.41) is 0. The molecule has 3 nitrogen and oxygen atoms in total. The van der Waals surface area contributed by atoms with Crippen LogP contribution in [-0.4, -0.2) is 29.4 Å². The number of piperidine rings is 1. The Bertz CT molecular complexity index is 278. The monoisotopic (exact) mass is 254 g/mol. The number of carbonyl (C=O) groups excluding carboxylic acids is 1. The molecule has 1 aliphatic rings. The van der Waals surface area contributed by atoms with Crippen LogP contribution in [0.5, 0.6) is 0 Å². The van der Waals surface area contributed by atoms with Crippen LogP contribution in [0.2, 0.25) is 0 Å². The Morgan fingerprint density at radius 3 is 2.06 bits per heavy atom. The molecule has 1 heterocycles. The first-order valence-electron chi connectivity index (χ1n) is 7.16. The van der Waals surface area contributed by atoms with Crippen LogP contribution < -0.4 is 5.73 Å². The molecule has 0 aromatic carbocycles. The Labute approximate surface area is 112 Å². The van der Waals surface area contributed by atoms with Crippen LogP contribution in [-0.2, 0) is 4.79 Å². The molecule has 0 spiro atoms. The molecule has 0 aromatic heterocycles. The van der Waals surface area contributed by atoms with Crippen molar-refractivity contribution in [3.8, 4) is 0 Å². The Kier molecular flexibility index (Phi) is 4.82. The summed E-state index contributed by atoms with van der Waals surface area (Å²) >= 11 is 0. The Morgan fingerprint density at radius 1 is 1.17 bits per heavy atom. The second-order valence-electron chi connectivity index (χ2n) is 7.51. The number of rotatable bonds is 3. The third-order valence-electron chi connectivity index (χ3n) is 4.06. The predicted molar refractivity (Wildman–Crippen MR) is 76.3 cm³/mol. The fraction of sp³-hybridized carbons (Fsp3) is 0.933. The SMILES string of the molecule is CC(C)(N)CCC(=O)N1CCC(C(C)(C)C)CC1. The van der Waals surface area contributed by atoms with Gasteiger partial charge in [-0.05, 0) is 44.4 Å². The van der Waals surface area contributed by atoms with E-state index in [1.807, 2.05) is 18.7 Å². The highest BCUT2D eigenvalue weighted by atomic mass is 16.2. The molecule has 3 heteroatoms. The first-order valence-corrected chi connectivity index (χ1v) is 7.16. The van der Waals surface area contributed by atoms with E-state index in [0.29, 0.717) is 11.8 Å². The van der Waals surface area contributed by atoms with Crippen molar-refractivity contribution < 1.29 is 4.79 Å². The van der Waals surface area contributed by atoms with Gasteiger partial charge in [-0.25, -0.2) is 0 Å². The molecular weight excluding hydrogens is 224 g/mol. The van der Waals surface area contributed by atoms with E-state index in [1.165, 1.54) is 0 Å². The quantitative estimate of drug-likeness (QED) is 0.842. The van der Waals surface area contributed by atoms with Gasteiger partial charge in [0, 0.05) is 25.0 Å². The Morgan fingerprint density at radius 2 is 1.67 bits per heavy atom. The molecule has 0 atom stereocenters. The molecule has 0 saturated carbocycles. The summed E-state index contributed by atoms with van der Waals surface area (Å²) < 4.78 is 0. The van der Waals surface area contributed by atoms with Crippen molar-refractivity contribution >= 4 is 5.91 Å². The van der Waals surface area contributed by atoms with Crippen LogP contribution in [0.4, 0.5) is 0 Å². The lowest BCUT2D eigenvalue weighted by Gasteiger charge is -2.39. The van der Waals surface area contributed by atoms with Crippen molar-refractivity contribution in [2.75, 3.05) is 13.1 Å². The third-order valence-corrected chi connectivity index (χ3v) is 4.06. The second kappa shape index (κ2) is 5.60. The number of carbonyl (C=O) groups is 1. The van der Waals surface area contributed by atoms with Gasteiger partial charge in [-0.3, -0.25) is 4.79 Å². The zero-order valence-electron chi connectivity index (χ0n) is 12.8. The highest BCUT2D eigenvalue weighted by Gasteiger charge is 2.30. The summed E-state index contributed by atoms with van der Waals surface area (Å²) in [6, 6.07) is 0. The Balaban J connectivity index is 2.37. The van der Waals surface area contributed by atoms with Gasteiger partial charge in [-0.15, -0.1) is 0 Å². The van der Waals surface area contributed by atoms with Crippen molar-refractivity contribution in [3.63, 3.8) is 0 Å². The summed E-state index contributed by atoms with van der Waals surface area (Å²) in [6.07, 6.45) is 3.64. The summed E-state index contributed by atoms with van der Waals surface area (Å²) in [7, 11) is 0. The van der Waals surface area contributed by atoms with Crippen LogP contribution in [0.1, 0.15) is 60.3 Å². The average Bonchev–Trinajstić information content (AvgIpc) is 2.24. The number of hydrogen-bond donors (Lipinski definition) is 1. The molecule has 0 bridgehead atoms. The molecular formula is C15H30N2O. The molecule has 18 heavy (non-hydrogen) atoms. The van der Waals surface area contributed by atoms with Crippen molar-refractivity contribution in [2.24, 2.45) is 17.1 Å². The average molecular weight is 254 g/mol. The van der Waals surface area contributed by atoms with Gasteiger partial charge in [0.2, 0.25) is 5.91 Å².